The second-order valence-corrected chi connectivity index (χ2v) is 6.64. The molecule has 0 spiro atoms. The predicted octanol–water partition coefficient (Wildman–Crippen LogP) is 4.75. The Bertz CT molecular complexity index is 889. The van der Waals surface area contributed by atoms with Crippen LogP contribution < -0.4 is 10.6 Å². The molecule has 3 aromatic rings. The second kappa shape index (κ2) is 7.82. The van der Waals surface area contributed by atoms with Crippen molar-refractivity contribution < 1.29 is 0 Å². The largest absolute Gasteiger partial charge is 0.332 e. The van der Waals surface area contributed by atoms with Crippen molar-refractivity contribution in [2.45, 2.75) is 13.5 Å². The Balaban J connectivity index is 1.64. The molecule has 1 aromatic heterocycles. The molecule has 0 aliphatic heterocycles. The lowest BCUT2D eigenvalue weighted by Gasteiger charge is -2.08. The van der Waals surface area contributed by atoms with Gasteiger partial charge >= 0.3 is 0 Å². The maximum Gasteiger partial charge on any atom is 0.248 e. The average molecular weight is 392 g/mol. The Morgan fingerprint density at radius 3 is 2.56 bits per heavy atom. The van der Waals surface area contributed by atoms with Crippen molar-refractivity contribution in [2.75, 3.05) is 10.6 Å². The zero-order valence-electron chi connectivity index (χ0n) is 13.3. The molecule has 0 saturated heterocycles. The molecule has 0 unspecified atom stereocenters. The van der Waals surface area contributed by atoms with Crippen molar-refractivity contribution in [1.82, 2.24) is 14.8 Å². The van der Waals surface area contributed by atoms with Gasteiger partial charge in [0, 0.05) is 21.3 Å². The number of halogens is 2. The number of thiocarbonyl (C=S) groups is 1. The molecular formula is C17H15Cl2N5S. The fraction of sp³-hybridized carbons (Fsp3) is 0.118. The molecule has 0 aliphatic carbocycles. The van der Waals surface area contributed by atoms with Gasteiger partial charge in [0.2, 0.25) is 5.95 Å². The van der Waals surface area contributed by atoms with E-state index in [4.69, 9.17) is 35.4 Å². The van der Waals surface area contributed by atoms with E-state index >= 15 is 0 Å². The monoisotopic (exact) mass is 391 g/mol. The van der Waals surface area contributed by atoms with E-state index in [0.717, 1.165) is 16.8 Å². The van der Waals surface area contributed by atoms with Gasteiger partial charge in [-0.25, -0.2) is 9.67 Å². The summed E-state index contributed by atoms with van der Waals surface area (Å²) in [4.78, 5) is 4.20. The smallest absolute Gasteiger partial charge is 0.248 e. The number of nitrogens with zero attached hydrogens (tertiary/aromatic N) is 3. The van der Waals surface area contributed by atoms with Gasteiger partial charge in [0.25, 0.3) is 0 Å². The first kappa shape index (κ1) is 17.7. The van der Waals surface area contributed by atoms with E-state index in [1.165, 1.54) is 0 Å². The molecule has 0 radical (unpaired) electrons. The van der Waals surface area contributed by atoms with Gasteiger partial charge in [-0.3, -0.25) is 5.32 Å². The van der Waals surface area contributed by atoms with Crippen LogP contribution in [0.15, 0.2) is 48.8 Å². The van der Waals surface area contributed by atoms with Gasteiger partial charge in [0.1, 0.15) is 6.33 Å². The van der Waals surface area contributed by atoms with Gasteiger partial charge in [-0.1, -0.05) is 41.4 Å². The number of nitrogens with one attached hydrogen (secondary N) is 2. The maximum atomic E-state index is 6.18. The second-order valence-electron chi connectivity index (χ2n) is 5.41. The number of hydrogen-bond acceptors (Lipinski definition) is 3. The zero-order valence-corrected chi connectivity index (χ0v) is 15.7. The van der Waals surface area contributed by atoms with Crippen molar-refractivity contribution in [3.63, 3.8) is 0 Å². The third-order valence-corrected chi connectivity index (χ3v) is 4.33. The third kappa shape index (κ3) is 4.69. The molecule has 5 nitrogen and oxygen atoms in total. The van der Waals surface area contributed by atoms with E-state index in [1.807, 2.05) is 31.2 Å². The Morgan fingerprint density at radius 1 is 1.12 bits per heavy atom. The summed E-state index contributed by atoms with van der Waals surface area (Å²) in [5.74, 6) is 0.397. The zero-order chi connectivity index (χ0) is 17.8. The molecule has 0 amide bonds. The van der Waals surface area contributed by atoms with E-state index in [-0.39, 0.29) is 0 Å². The molecule has 0 bridgehead atoms. The fourth-order valence-electron chi connectivity index (χ4n) is 2.26. The highest BCUT2D eigenvalue weighted by Gasteiger charge is 2.09. The summed E-state index contributed by atoms with van der Waals surface area (Å²) in [6, 6.07) is 13.3. The third-order valence-electron chi connectivity index (χ3n) is 3.42. The minimum absolute atomic E-state index is 0.397. The average Bonchev–Trinajstić information content (AvgIpc) is 2.98. The summed E-state index contributed by atoms with van der Waals surface area (Å²) < 4.78 is 1.64. The first-order valence-corrected chi connectivity index (χ1v) is 8.65. The molecule has 0 aliphatic rings. The molecule has 3 rings (SSSR count). The van der Waals surface area contributed by atoms with Crippen LogP contribution in [0.5, 0.6) is 0 Å². The highest BCUT2D eigenvalue weighted by atomic mass is 35.5. The Hall–Kier alpha value is -2.15. The number of aryl methyl sites for hydroxylation is 1. The summed E-state index contributed by atoms with van der Waals surface area (Å²) in [7, 11) is 0. The maximum absolute atomic E-state index is 6.18. The van der Waals surface area contributed by atoms with E-state index in [2.05, 4.69) is 20.7 Å². The molecule has 0 atom stereocenters. The van der Waals surface area contributed by atoms with Gasteiger partial charge in [0.05, 0.1) is 6.54 Å². The van der Waals surface area contributed by atoms with Gasteiger partial charge in [0.15, 0.2) is 5.11 Å². The van der Waals surface area contributed by atoms with Crippen LogP contribution in [0.3, 0.4) is 0 Å². The Labute approximate surface area is 161 Å². The van der Waals surface area contributed by atoms with Crippen LogP contribution in [-0.2, 0) is 6.54 Å². The van der Waals surface area contributed by atoms with Crippen LogP contribution in [0.2, 0.25) is 10.0 Å². The van der Waals surface area contributed by atoms with Crippen LogP contribution in [0.25, 0.3) is 0 Å². The molecular weight excluding hydrogens is 377 g/mol. The number of aromatic nitrogens is 3. The quantitative estimate of drug-likeness (QED) is 0.628. The van der Waals surface area contributed by atoms with Crippen molar-refractivity contribution >= 4 is 52.2 Å². The summed E-state index contributed by atoms with van der Waals surface area (Å²) >= 11 is 17.7. The molecule has 25 heavy (non-hydrogen) atoms. The first-order chi connectivity index (χ1) is 12.0. The minimum Gasteiger partial charge on any atom is -0.332 e. The summed E-state index contributed by atoms with van der Waals surface area (Å²) in [6.07, 6.45) is 1.59. The Kier molecular flexibility index (Phi) is 5.53. The lowest BCUT2D eigenvalue weighted by atomic mass is 10.2. The van der Waals surface area contributed by atoms with Crippen LogP contribution >= 0.6 is 35.4 Å². The molecule has 128 valence electrons. The van der Waals surface area contributed by atoms with Gasteiger partial charge in [-0.2, -0.15) is 0 Å². The van der Waals surface area contributed by atoms with E-state index in [0.29, 0.717) is 27.7 Å². The van der Waals surface area contributed by atoms with E-state index in [1.54, 1.807) is 29.2 Å². The molecule has 0 fully saturated rings. The van der Waals surface area contributed by atoms with Crippen molar-refractivity contribution in [1.29, 1.82) is 0 Å². The first-order valence-electron chi connectivity index (χ1n) is 7.48. The molecule has 1 heterocycles. The normalized spacial score (nSPS) is 10.5. The number of rotatable bonds is 4. The fourth-order valence-corrected chi connectivity index (χ4v) is 2.99. The highest BCUT2D eigenvalue weighted by molar-refractivity contribution is 7.80. The minimum atomic E-state index is 0.397. The lowest BCUT2D eigenvalue weighted by molar-refractivity contribution is 0.687. The van der Waals surface area contributed by atoms with Crippen molar-refractivity contribution in [3.05, 3.63) is 70.0 Å². The summed E-state index contributed by atoms with van der Waals surface area (Å²) in [5.41, 5.74) is 2.84. The number of anilines is 2. The topological polar surface area (TPSA) is 54.8 Å². The lowest BCUT2D eigenvalue weighted by Crippen LogP contribution is -2.20. The Morgan fingerprint density at radius 2 is 1.84 bits per heavy atom. The highest BCUT2D eigenvalue weighted by Crippen LogP contribution is 2.24. The number of benzene rings is 2. The van der Waals surface area contributed by atoms with Gasteiger partial charge < -0.3 is 5.32 Å². The van der Waals surface area contributed by atoms with E-state index in [9.17, 15) is 0 Å². The number of hydrogen-bond donors (Lipinski definition) is 2. The molecule has 0 saturated carbocycles. The van der Waals surface area contributed by atoms with Crippen LogP contribution in [0.1, 0.15) is 11.1 Å². The summed E-state index contributed by atoms with van der Waals surface area (Å²) in [6.45, 7) is 2.44. The molecule has 8 heteroatoms. The van der Waals surface area contributed by atoms with Crippen LogP contribution in [0.4, 0.5) is 11.6 Å². The molecule has 2 N–H and O–H groups in total. The van der Waals surface area contributed by atoms with E-state index < -0.39 is 0 Å². The van der Waals surface area contributed by atoms with Gasteiger partial charge in [-0.15, -0.1) is 5.10 Å². The predicted molar refractivity (Wildman–Crippen MR) is 107 cm³/mol. The molecule has 2 aromatic carbocycles. The van der Waals surface area contributed by atoms with Gasteiger partial charge in [-0.05, 0) is 49.0 Å². The standard InChI is InChI=1S/C17H15Cl2N5S/c1-11-4-2-5-12(8-11)21-17(25)22-16-20-10-24(23-16)9-13-14(18)6-3-7-15(13)19/h2-8,10H,9H2,1H3,(H2,21,22,23,25). The van der Waals surface area contributed by atoms with Crippen molar-refractivity contribution in [2.24, 2.45) is 0 Å². The van der Waals surface area contributed by atoms with Crippen LogP contribution in [0, 0.1) is 6.92 Å². The van der Waals surface area contributed by atoms with Crippen LogP contribution in [-0.4, -0.2) is 19.9 Å². The summed E-state index contributed by atoms with van der Waals surface area (Å²) in [5, 5.41) is 12.0. The van der Waals surface area contributed by atoms with Crippen molar-refractivity contribution in [3.8, 4) is 0 Å². The SMILES string of the molecule is Cc1cccc(NC(=S)Nc2ncn(Cc3c(Cl)cccc3Cl)n2)c1.